The lowest BCUT2D eigenvalue weighted by atomic mass is 10.0. The molecule has 136 valence electrons. The van der Waals surface area contributed by atoms with Crippen molar-refractivity contribution in [3.63, 3.8) is 0 Å². The molecule has 0 unspecified atom stereocenters. The van der Waals surface area contributed by atoms with Gasteiger partial charge in [0.25, 0.3) is 0 Å². The Morgan fingerprint density at radius 2 is 1.85 bits per heavy atom. The van der Waals surface area contributed by atoms with E-state index in [1.807, 2.05) is 18.2 Å². The Morgan fingerprint density at radius 3 is 2.50 bits per heavy atom. The summed E-state index contributed by atoms with van der Waals surface area (Å²) in [6.45, 7) is 7.80. The number of nitrogens with zero attached hydrogens (tertiary/aromatic N) is 2. The second-order valence-corrected chi connectivity index (χ2v) is 7.21. The number of hydrogen-bond donors (Lipinski definition) is 0. The van der Waals surface area contributed by atoms with E-state index in [1.165, 1.54) is 27.6 Å². The van der Waals surface area contributed by atoms with E-state index in [1.54, 1.807) is 0 Å². The SMILES string of the molecule is C=C(C)c1ccc(OCc2ccccc2)c2c(CCN(C)C)cn(C)c12. The van der Waals surface area contributed by atoms with Gasteiger partial charge in [0.15, 0.2) is 0 Å². The zero-order valence-corrected chi connectivity index (χ0v) is 16.2. The number of benzene rings is 2. The van der Waals surface area contributed by atoms with E-state index < -0.39 is 0 Å². The van der Waals surface area contributed by atoms with E-state index in [0.717, 1.165) is 24.3 Å². The summed E-state index contributed by atoms with van der Waals surface area (Å²) in [5, 5.41) is 1.21. The minimum Gasteiger partial charge on any atom is -0.488 e. The van der Waals surface area contributed by atoms with Gasteiger partial charge in [-0.1, -0.05) is 36.9 Å². The number of rotatable bonds is 7. The van der Waals surface area contributed by atoms with Gasteiger partial charge in [0, 0.05) is 30.7 Å². The van der Waals surface area contributed by atoms with E-state index >= 15 is 0 Å². The maximum Gasteiger partial charge on any atom is 0.129 e. The van der Waals surface area contributed by atoms with Gasteiger partial charge in [-0.2, -0.15) is 0 Å². The first-order valence-corrected chi connectivity index (χ1v) is 9.05. The van der Waals surface area contributed by atoms with Crippen molar-refractivity contribution in [1.82, 2.24) is 9.47 Å². The van der Waals surface area contributed by atoms with Crippen molar-refractivity contribution < 1.29 is 4.74 Å². The Hall–Kier alpha value is -2.52. The number of fused-ring (bicyclic) bond motifs is 1. The molecule has 0 saturated carbocycles. The predicted octanol–water partition coefficient (Wildman–Crippen LogP) is 4.89. The van der Waals surface area contributed by atoms with Crippen LogP contribution >= 0.6 is 0 Å². The first-order chi connectivity index (χ1) is 12.5. The quantitative estimate of drug-likeness (QED) is 0.604. The molecule has 0 spiro atoms. The topological polar surface area (TPSA) is 17.4 Å². The average molecular weight is 348 g/mol. The summed E-state index contributed by atoms with van der Waals surface area (Å²) in [7, 11) is 6.32. The Morgan fingerprint density at radius 1 is 1.12 bits per heavy atom. The molecule has 3 aromatic rings. The van der Waals surface area contributed by atoms with Crippen LogP contribution in [0.1, 0.15) is 23.6 Å². The van der Waals surface area contributed by atoms with Gasteiger partial charge < -0.3 is 14.2 Å². The molecule has 1 heterocycles. The molecule has 0 fully saturated rings. The summed E-state index contributed by atoms with van der Waals surface area (Å²) in [5.74, 6) is 0.947. The van der Waals surface area contributed by atoms with Gasteiger partial charge in [0.05, 0.1) is 5.52 Å². The number of allylic oxidation sites excluding steroid dienone is 1. The van der Waals surface area contributed by atoms with Crippen LogP contribution in [-0.4, -0.2) is 30.1 Å². The minimum absolute atomic E-state index is 0.574. The highest BCUT2D eigenvalue weighted by Crippen LogP contribution is 2.36. The van der Waals surface area contributed by atoms with Crippen molar-refractivity contribution in [3.05, 3.63) is 71.9 Å². The summed E-state index contributed by atoms with van der Waals surface area (Å²) in [6, 6.07) is 14.5. The van der Waals surface area contributed by atoms with Gasteiger partial charge in [-0.05, 0) is 56.3 Å². The Balaban J connectivity index is 2.03. The molecule has 0 aliphatic carbocycles. The molecular weight excluding hydrogens is 320 g/mol. The van der Waals surface area contributed by atoms with Crippen LogP contribution in [0.5, 0.6) is 5.75 Å². The number of likely N-dealkylation sites (N-methyl/N-ethyl adjacent to an activating group) is 1. The number of ether oxygens (including phenoxy) is 1. The van der Waals surface area contributed by atoms with Gasteiger partial charge in [-0.3, -0.25) is 0 Å². The maximum absolute atomic E-state index is 6.24. The van der Waals surface area contributed by atoms with Crippen molar-refractivity contribution >= 4 is 16.5 Å². The fourth-order valence-electron chi connectivity index (χ4n) is 3.35. The van der Waals surface area contributed by atoms with Gasteiger partial charge in [0.2, 0.25) is 0 Å². The monoisotopic (exact) mass is 348 g/mol. The zero-order chi connectivity index (χ0) is 18.7. The second-order valence-electron chi connectivity index (χ2n) is 7.21. The van der Waals surface area contributed by atoms with Gasteiger partial charge in [0.1, 0.15) is 12.4 Å². The standard InChI is InChI=1S/C23H28N2O/c1-17(2)20-11-12-21(26-16-18-9-7-6-8-10-18)22-19(13-14-24(3)4)15-25(5)23(20)22/h6-12,15H,1,13-14,16H2,2-5H3. The summed E-state index contributed by atoms with van der Waals surface area (Å²) in [4.78, 5) is 2.21. The second kappa shape index (κ2) is 7.79. The molecule has 0 aliphatic heterocycles. The molecule has 0 amide bonds. The number of hydrogen-bond acceptors (Lipinski definition) is 2. The van der Waals surface area contributed by atoms with Crippen LogP contribution < -0.4 is 4.74 Å². The lowest BCUT2D eigenvalue weighted by Gasteiger charge is -2.13. The Kier molecular flexibility index (Phi) is 5.48. The van der Waals surface area contributed by atoms with E-state index in [4.69, 9.17) is 4.74 Å². The smallest absolute Gasteiger partial charge is 0.129 e. The molecule has 3 nitrogen and oxygen atoms in total. The molecule has 1 aromatic heterocycles. The molecule has 3 heteroatoms. The fraction of sp³-hybridized carbons (Fsp3) is 0.304. The third-order valence-electron chi connectivity index (χ3n) is 4.69. The van der Waals surface area contributed by atoms with Crippen LogP contribution in [0.4, 0.5) is 0 Å². The summed E-state index contributed by atoms with van der Waals surface area (Å²) in [5.41, 5.74) is 5.96. The summed E-state index contributed by atoms with van der Waals surface area (Å²) < 4.78 is 8.45. The van der Waals surface area contributed by atoms with E-state index in [9.17, 15) is 0 Å². The van der Waals surface area contributed by atoms with E-state index in [-0.39, 0.29) is 0 Å². The Labute approximate surface area is 156 Å². The molecule has 0 radical (unpaired) electrons. The third kappa shape index (κ3) is 3.83. The first kappa shape index (κ1) is 18.3. The predicted molar refractivity (Wildman–Crippen MR) is 111 cm³/mol. The number of aromatic nitrogens is 1. The largest absolute Gasteiger partial charge is 0.488 e. The van der Waals surface area contributed by atoms with Gasteiger partial charge in [-0.15, -0.1) is 0 Å². The Bertz CT molecular complexity index is 907. The first-order valence-electron chi connectivity index (χ1n) is 9.05. The molecule has 0 N–H and O–H groups in total. The third-order valence-corrected chi connectivity index (χ3v) is 4.69. The van der Waals surface area contributed by atoms with Gasteiger partial charge in [-0.25, -0.2) is 0 Å². The van der Waals surface area contributed by atoms with Crippen molar-refractivity contribution in [2.24, 2.45) is 7.05 Å². The highest BCUT2D eigenvalue weighted by Gasteiger charge is 2.16. The van der Waals surface area contributed by atoms with Crippen molar-refractivity contribution in [2.75, 3.05) is 20.6 Å². The van der Waals surface area contributed by atoms with Crippen LogP contribution in [0.3, 0.4) is 0 Å². The lowest BCUT2D eigenvalue weighted by molar-refractivity contribution is 0.310. The molecule has 0 atom stereocenters. The zero-order valence-electron chi connectivity index (χ0n) is 16.2. The van der Waals surface area contributed by atoms with Crippen molar-refractivity contribution in [2.45, 2.75) is 20.0 Å². The van der Waals surface area contributed by atoms with E-state index in [0.29, 0.717) is 6.61 Å². The fourth-order valence-corrected chi connectivity index (χ4v) is 3.35. The molecule has 0 aliphatic rings. The summed E-state index contributed by atoms with van der Waals surface area (Å²) in [6.07, 6.45) is 3.22. The maximum atomic E-state index is 6.24. The van der Waals surface area contributed by atoms with Crippen LogP contribution in [0.2, 0.25) is 0 Å². The summed E-state index contributed by atoms with van der Waals surface area (Å²) >= 11 is 0. The molecule has 26 heavy (non-hydrogen) atoms. The molecule has 0 bridgehead atoms. The molecule has 2 aromatic carbocycles. The highest BCUT2D eigenvalue weighted by molar-refractivity contribution is 5.97. The van der Waals surface area contributed by atoms with Crippen molar-refractivity contribution in [1.29, 1.82) is 0 Å². The van der Waals surface area contributed by atoms with E-state index in [2.05, 4.69) is 74.6 Å². The van der Waals surface area contributed by atoms with Gasteiger partial charge >= 0.3 is 0 Å². The highest BCUT2D eigenvalue weighted by atomic mass is 16.5. The minimum atomic E-state index is 0.574. The van der Waals surface area contributed by atoms with Crippen LogP contribution in [0, 0.1) is 0 Å². The molecule has 0 saturated heterocycles. The van der Waals surface area contributed by atoms with Crippen LogP contribution in [-0.2, 0) is 20.1 Å². The van der Waals surface area contributed by atoms with Crippen molar-refractivity contribution in [3.8, 4) is 5.75 Å². The van der Waals surface area contributed by atoms with Crippen LogP contribution in [0.15, 0.2) is 55.2 Å². The molecular formula is C23H28N2O. The number of aryl methyl sites for hydroxylation is 1. The lowest BCUT2D eigenvalue weighted by Crippen LogP contribution is -2.15. The average Bonchev–Trinajstić information content (AvgIpc) is 2.96. The normalized spacial score (nSPS) is 11.3. The molecule has 3 rings (SSSR count). The van der Waals surface area contributed by atoms with Crippen LogP contribution in [0.25, 0.3) is 16.5 Å².